The second kappa shape index (κ2) is 7.43. The van der Waals surface area contributed by atoms with Crippen LogP contribution < -0.4 is 4.74 Å². The highest BCUT2D eigenvalue weighted by molar-refractivity contribution is 9.09. The quantitative estimate of drug-likeness (QED) is 0.721. The molecule has 0 bridgehead atoms. The molecule has 1 aromatic rings. The van der Waals surface area contributed by atoms with E-state index in [1.165, 1.54) is 13.2 Å². The van der Waals surface area contributed by atoms with Crippen LogP contribution in [0.25, 0.3) is 0 Å². The van der Waals surface area contributed by atoms with Gasteiger partial charge in [0, 0.05) is 18.2 Å². The number of ether oxygens (including phenoxy) is 1. The van der Waals surface area contributed by atoms with Gasteiger partial charge in [-0.05, 0) is 30.5 Å². The third-order valence-corrected chi connectivity index (χ3v) is 3.06. The van der Waals surface area contributed by atoms with Crippen molar-refractivity contribution >= 4 is 21.7 Å². The Morgan fingerprint density at radius 3 is 2.76 bits per heavy atom. The van der Waals surface area contributed by atoms with Crippen molar-refractivity contribution in [3.8, 4) is 5.75 Å². The van der Waals surface area contributed by atoms with Gasteiger partial charge in [-0.2, -0.15) is 0 Å². The number of halogens is 2. The van der Waals surface area contributed by atoms with Crippen LogP contribution in [0.15, 0.2) is 18.2 Å². The summed E-state index contributed by atoms with van der Waals surface area (Å²) in [7, 11) is 1.43. The molecular formula is C13H16BrFO2. The molecule has 0 heterocycles. The van der Waals surface area contributed by atoms with Crippen LogP contribution in [-0.4, -0.2) is 18.2 Å². The number of Topliss-reactive ketones (excluding diaryl/α,β-unsaturated/α-hetero) is 1. The molecule has 4 heteroatoms. The minimum absolute atomic E-state index is 0.223. The van der Waals surface area contributed by atoms with E-state index >= 15 is 0 Å². The average molecular weight is 303 g/mol. The lowest BCUT2D eigenvalue weighted by Crippen LogP contribution is -2.01. The van der Waals surface area contributed by atoms with E-state index in [4.69, 9.17) is 4.74 Å². The van der Waals surface area contributed by atoms with Crippen molar-refractivity contribution in [2.24, 2.45) is 0 Å². The van der Waals surface area contributed by atoms with Gasteiger partial charge in [-0.25, -0.2) is 4.39 Å². The van der Waals surface area contributed by atoms with E-state index < -0.39 is 0 Å². The Hall–Kier alpha value is -0.900. The van der Waals surface area contributed by atoms with Crippen LogP contribution in [0, 0.1) is 5.82 Å². The van der Waals surface area contributed by atoms with E-state index in [9.17, 15) is 9.18 Å². The molecule has 0 aliphatic heterocycles. The van der Waals surface area contributed by atoms with Gasteiger partial charge in [0.15, 0.2) is 11.6 Å². The van der Waals surface area contributed by atoms with E-state index in [1.807, 2.05) is 0 Å². The molecule has 0 unspecified atom stereocenters. The lowest BCUT2D eigenvalue weighted by atomic mass is 10.1. The van der Waals surface area contributed by atoms with Gasteiger partial charge in [0.05, 0.1) is 7.11 Å². The Bertz CT molecular complexity index is 380. The summed E-state index contributed by atoms with van der Waals surface area (Å²) in [5.41, 5.74) is 0.829. The van der Waals surface area contributed by atoms with Crippen molar-refractivity contribution in [1.29, 1.82) is 0 Å². The normalized spacial score (nSPS) is 10.3. The van der Waals surface area contributed by atoms with Crippen molar-refractivity contribution in [3.05, 3.63) is 29.6 Å². The zero-order valence-electron chi connectivity index (χ0n) is 9.84. The predicted molar refractivity (Wildman–Crippen MR) is 69.3 cm³/mol. The van der Waals surface area contributed by atoms with Gasteiger partial charge in [0.25, 0.3) is 0 Å². The summed E-state index contributed by atoms with van der Waals surface area (Å²) in [4.78, 5) is 11.4. The Kier molecular flexibility index (Phi) is 6.19. The average Bonchev–Trinajstić information content (AvgIpc) is 2.34. The first-order valence-corrected chi connectivity index (χ1v) is 6.69. The molecule has 0 amide bonds. The predicted octanol–water partition coefficient (Wildman–Crippen LogP) is 3.51. The number of hydrogen-bond donors (Lipinski definition) is 0. The Morgan fingerprint density at radius 2 is 2.18 bits per heavy atom. The molecule has 2 nitrogen and oxygen atoms in total. The zero-order chi connectivity index (χ0) is 12.7. The Labute approximate surface area is 109 Å². The lowest BCUT2D eigenvalue weighted by Gasteiger charge is -2.05. The van der Waals surface area contributed by atoms with Crippen LogP contribution in [0.2, 0.25) is 0 Å². The smallest absolute Gasteiger partial charge is 0.165 e. The number of carbonyl (C=O) groups is 1. The van der Waals surface area contributed by atoms with Gasteiger partial charge in [-0.15, -0.1) is 0 Å². The summed E-state index contributed by atoms with van der Waals surface area (Å²) in [5.74, 6) is 0.0814. The van der Waals surface area contributed by atoms with Crippen molar-refractivity contribution in [2.75, 3.05) is 12.4 Å². The molecule has 0 atom stereocenters. The van der Waals surface area contributed by atoms with Gasteiger partial charge < -0.3 is 4.74 Å². The number of carbonyl (C=O) groups excluding carboxylic acids is 1. The zero-order valence-corrected chi connectivity index (χ0v) is 11.4. The Morgan fingerprint density at radius 1 is 1.41 bits per heavy atom. The number of hydrogen-bond acceptors (Lipinski definition) is 2. The van der Waals surface area contributed by atoms with Crippen LogP contribution >= 0.6 is 15.9 Å². The van der Waals surface area contributed by atoms with Gasteiger partial charge in [-0.3, -0.25) is 4.79 Å². The Balaban J connectivity index is 2.47. The molecule has 17 heavy (non-hydrogen) atoms. The molecule has 0 aliphatic carbocycles. The fraction of sp³-hybridized carbons (Fsp3) is 0.462. The second-order valence-corrected chi connectivity index (χ2v) is 4.59. The molecule has 0 spiro atoms. The number of ketones is 1. The SMILES string of the molecule is COc1ccc(CCC(=O)CCCBr)cc1F. The summed E-state index contributed by atoms with van der Waals surface area (Å²) >= 11 is 3.28. The molecule has 1 aromatic carbocycles. The van der Waals surface area contributed by atoms with Gasteiger partial charge in [-0.1, -0.05) is 22.0 Å². The summed E-state index contributed by atoms with van der Waals surface area (Å²) in [6, 6.07) is 4.81. The molecule has 0 fully saturated rings. The van der Waals surface area contributed by atoms with Crippen molar-refractivity contribution in [1.82, 2.24) is 0 Å². The highest BCUT2D eigenvalue weighted by atomic mass is 79.9. The van der Waals surface area contributed by atoms with Gasteiger partial charge in [0.2, 0.25) is 0 Å². The molecule has 94 valence electrons. The molecule has 0 radical (unpaired) electrons. The van der Waals surface area contributed by atoms with Crippen molar-refractivity contribution in [3.63, 3.8) is 0 Å². The summed E-state index contributed by atoms with van der Waals surface area (Å²) in [5, 5.41) is 0.843. The van der Waals surface area contributed by atoms with Crippen LogP contribution in [0.4, 0.5) is 4.39 Å². The minimum Gasteiger partial charge on any atom is -0.494 e. The van der Waals surface area contributed by atoms with E-state index in [1.54, 1.807) is 12.1 Å². The van der Waals surface area contributed by atoms with E-state index in [-0.39, 0.29) is 17.3 Å². The van der Waals surface area contributed by atoms with Crippen molar-refractivity contribution < 1.29 is 13.9 Å². The summed E-state index contributed by atoms with van der Waals surface area (Å²) in [6.07, 6.45) is 2.50. The van der Waals surface area contributed by atoms with Gasteiger partial charge in [0.1, 0.15) is 5.78 Å². The van der Waals surface area contributed by atoms with E-state index in [0.717, 1.165) is 17.3 Å². The first-order chi connectivity index (χ1) is 8.17. The largest absolute Gasteiger partial charge is 0.494 e. The van der Waals surface area contributed by atoms with Crippen LogP contribution in [0.3, 0.4) is 0 Å². The van der Waals surface area contributed by atoms with E-state index in [0.29, 0.717) is 19.3 Å². The molecule has 0 saturated carbocycles. The maximum atomic E-state index is 13.4. The third-order valence-electron chi connectivity index (χ3n) is 2.50. The third kappa shape index (κ3) is 4.86. The number of methoxy groups -OCH3 is 1. The number of rotatable bonds is 7. The van der Waals surface area contributed by atoms with Gasteiger partial charge >= 0.3 is 0 Å². The standard InChI is InChI=1S/C13H16BrFO2/c1-17-13-7-5-10(9-12(13)15)4-6-11(16)3-2-8-14/h5,7,9H,2-4,6,8H2,1H3. The fourth-order valence-electron chi connectivity index (χ4n) is 1.54. The van der Waals surface area contributed by atoms with E-state index in [2.05, 4.69) is 15.9 Å². The summed E-state index contributed by atoms with van der Waals surface area (Å²) < 4.78 is 18.2. The fourth-order valence-corrected chi connectivity index (χ4v) is 1.82. The molecule has 0 aromatic heterocycles. The monoisotopic (exact) mass is 302 g/mol. The molecular weight excluding hydrogens is 287 g/mol. The summed E-state index contributed by atoms with van der Waals surface area (Å²) in [6.45, 7) is 0. The van der Waals surface area contributed by atoms with Crippen LogP contribution in [0.5, 0.6) is 5.75 Å². The van der Waals surface area contributed by atoms with Crippen LogP contribution in [-0.2, 0) is 11.2 Å². The highest BCUT2D eigenvalue weighted by Crippen LogP contribution is 2.18. The highest BCUT2D eigenvalue weighted by Gasteiger charge is 2.06. The van der Waals surface area contributed by atoms with Crippen molar-refractivity contribution in [2.45, 2.75) is 25.7 Å². The first-order valence-electron chi connectivity index (χ1n) is 5.57. The lowest BCUT2D eigenvalue weighted by molar-refractivity contribution is -0.119. The molecule has 1 rings (SSSR count). The minimum atomic E-state index is -0.377. The molecule has 0 N–H and O–H groups in total. The topological polar surface area (TPSA) is 26.3 Å². The second-order valence-electron chi connectivity index (χ2n) is 3.80. The number of benzene rings is 1. The molecule has 0 aliphatic rings. The maximum Gasteiger partial charge on any atom is 0.165 e. The number of alkyl halides is 1. The number of aryl methyl sites for hydroxylation is 1. The molecule has 0 saturated heterocycles. The van der Waals surface area contributed by atoms with Crippen LogP contribution in [0.1, 0.15) is 24.8 Å². The first kappa shape index (κ1) is 14.2. The maximum absolute atomic E-state index is 13.4.